The number of thioether (sulfide) groups is 1. The molecule has 1 saturated heterocycles. The second kappa shape index (κ2) is 7.95. The highest BCUT2D eigenvalue weighted by Crippen LogP contribution is 2.29. The second-order valence-electron chi connectivity index (χ2n) is 4.92. The monoisotopic (exact) mass is 329 g/mol. The van der Waals surface area contributed by atoms with Gasteiger partial charge in [-0.15, -0.1) is 10.2 Å². The number of aromatic nitrogens is 2. The number of carbonyl (C=O) groups excluding carboxylic acids is 1. The third-order valence-corrected chi connectivity index (χ3v) is 5.54. The quantitative estimate of drug-likeness (QED) is 0.800. The van der Waals surface area contributed by atoms with Gasteiger partial charge in [-0.3, -0.25) is 4.79 Å². The smallest absolute Gasteiger partial charge is 0.235 e. The lowest BCUT2D eigenvalue weighted by Crippen LogP contribution is -2.50. The van der Waals surface area contributed by atoms with E-state index in [1.54, 1.807) is 0 Å². The van der Waals surface area contributed by atoms with Crippen LogP contribution in [0.15, 0.2) is 4.34 Å². The Kier molecular flexibility index (Phi) is 6.25. The average molecular weight is 329 g/mol. The molecule has 1 amide bonds. The van der Waals surface area contributed by atoms with Gasteiger partial charge in [-0.05, 0) is 20.4 Å². The van der Waals surface area contributed by atoms with Crippen molar-refractivity contribution in [1.82, 2.24) is 20.0 Å². The molecule has 1 aromatic rings. The molecule has 0 bridgehead atoms. The van der Waals surface area contributed by atoms with Crippen LogP contribution >= 0.6 is 23.1 Å². The SMILES string of the molecule is CCNc1nnc(SC(C)C(=O)N2CCN(CC)CC2)s1. The van der Waals surface area contributed by atoms with Crippen LogP contribution in [-0.4, -0.2) is 70.4 Å². The first-order valence-corrected chi connectivity index (χ1v) is 9.08. The van der Waals surface area contributed by atoms with Gasteiger partial charge in [0.15, 0.2) is 4.34 Å². The molecule has 118 valence electrons. The number of nitrogens with zero attached hydrogens (tertiary/aromatic N) is 4. The fourth-order valence-electron chi connectivity index (χ4n) is 2.22. The van der Waals surface area contributed by atoms with E-state index in [0.29, 0.717) is 0 Å². The van der Waals surface area contributed by atoms with Crippen molar-refractivity contribution in [3.05, 3.63) is 0 Å². The van der Waals surface area contributed by atoms with Gasteiger partial charge in [0.25, 0.3) is 0 Å². The van der Waals surface area contributed by atoms with Crippen molar-refractivity contribution in [1.29, 1.82) is 0 Å². The number of hydrogen-bond acceptors (Lipinski definition) is 7. The van der Waals surface area contributed by atoms with E-state index in [2.05, 4.69) is 27.3 Å². The standard InChI is InChI=1S/C13H23N5OS2/c1-4-14-12-15-16-13(21-12)20-10(3)11(19)18-8-6-17(5-2)7-9-18/h10H,4-9H2,1-3H3,(H,14,15). The summed E-state index contributed by atoms with van der Waals surface area (Å²) in [6.45, 7) is 11.6. The number of hydrogen-bond donors (Lipinski definition) is 1. The number of carbonyl (C=O) groups is 1. The molecule has 1 fully saturated rings. The van der Waals surface area contributed by atoms with Gasteiger partial charge in [0, 0.05) is 32.7 Å². The van der Waals surface area contributed by atoms with Crippen molar-refractivity contribution in [3.8, 4) is 0 Å². The molecule has 0 spiro atoms. The van der Waals surface area contributed by atoms with Crippen molar-refractivity contribution in [2.24, 2.45) is 0 Å². The summed E-state index contributed by atoms with van der Waals surface area (Å²) in [5, 5.41) is 12.0. The number of piperazine rings is 1. The molecule has 8 heteroatoms. The lowest BCUT2D eigenvalue weighted by Gasteiger charge is -2.35. The lowest BCUT2D eigenvalue weighted by molar-refractivity contribution is -0.132. The third-order valence-electron chi connectivity index (χ3n) is 3.49. The summed E-state index contributed by atoms with van der Waals surface area (Å²) in [5.74, 6) is 0.205. The number of likely N-dealkylation sites (N-methyl/N-ethyl adjacent to an activating group) is 1. The van der Waals surface area contributed by atoms with E-state index in [0.717, 1.165) is 48.7 Å². The molecule has 1 atom stereocenters. The molecule has 0 radical (unpaired) electrons. The summed E-state index contributed by atoms with van der Waals surface area (Å²) in [7, 11) is 0. The van der Waals surface area contributed by atoms with Crippen LogP contribution in [0.3, 0.4) is 0 Å². The topological polar surface area (TPSA) is 61.4 Å². The van der Waals surface area contributed by atoms with E-state index in [4.69, 9.17) is 0 Å². The molecule has 0 aromatic carbocycles. The molecule has 6 nitrogen and oxygen atoms in total. The summed E-state index contributed by atoms with van der Waals surface area (Å²) in [5.41, 5.74) is 0. The molecular weight excluding hydrogens is 306 g/mol. The average Bonchev–Trinajstić information content (AvgIpc) is 2.94. The molecule has 1 unspecified atom stereocenters. The fourth-order valence-corrected chi connectivity index (χ4v) is 4.27. The van der Waals surface area contributed by atoms with Crippen LogP contribution in [0, 0.1) is 0 Å². The highest BCUT2D eigenvalue weighted by molar-refractivity contribution is 8.02. The van der Waals surface area contributed by atoms with Crippen molar-refractivity contribution in [2.75, 3.05) is 44.6 Å². The van der Waals surface area contributed by atoms with Gasteiger partial charge < -0.3 is 15.1 Å². The van der Waals surface area contributed by atoms with Crippen LogP contribution in [0.4, 0.5) is 5.13 Å². The summed E-state index contributed by atoms with van der Waals surface area (Å²) >= 11 is 3.00. The van der Waals surface area contributed by atoms with Crippen molar-refractivity contribution in [3.63, 3.8) is 0 Å². The molecule has 1 aliphatic heterocycles. The minimum atomic E-state index is -0.111. The first kappa shape index (κ1) is 16.5. The van der Waals surface area contributed by atoms with E-state index >= 15 is 0 Å². The highest BCUT2D eigenvalue weighted by Gasteiger charge is 2.25. The zero-order valence-corrected chi connectivity index (χ0v) is 14.5. The van der Waals surface area contributed by atoms with Crippen LogP contribution in [0.25, 0.3) is 0 Å². The predicted octanol–water partition coefficient (Wildman–Crippen LogP) is 1.61. The Morgan fingerprint density at radius 1 is 1.33 bits per heavy atom. The van der Waals surface area contributed by atoms with Crippen LogP contribution in [0.2, 0.25) is 0 Å². The molecule has 1 N–H and O–H groups in total. The summed E-state index contributed by atoms with van der Waals surface area (Å²) in [6, 6.07) is 0. The maximum absolute atomic E-state index is 12.5. The third kappa shape index (κ3) is 4.55. The van der Waals surface area contributed by atoms with E-state index in [-0.39, 0.29) is 11.2 Å². The van der Waals surface area contributed by atoms with Crippen LogP contribution in [0.5, 0.6) is 0 Å². The van der Waals surface area contributed by atoms with Gasteiger partial charge in [-0.1, -0.05) is 30.0 Å². The molecule has 1 aromatic heterocycles. The molecular formula is C13H23N5OS2. The zero-order chi connectivity index (χ0) is 15.2. The summed E-state index contributed by atoms with van der Waals surface area (Å²) in [4.78, 5) is 16.8. The molecule has 0 aliphatic carbocycles. The Bertz CT molecular complexity index is 459. The maximum atomic E-state index is 12.5. The van der Waals surface area contributed by atoms with Crippen LogP contribution in [-0.2, 0) is 4.79 Å². The molecule has 2 heterocycles. The first-order valence-electron chi connectivity index (χ1n) is 7.39. The Morgan fingerprint density at radius 2 is 2.05 bits per heavy atom. The number of anilines is 1. The largest absolute Gasteiger partial charge is 0.360 e. The highest BCUT2D eigenvalue weighted by atomic mass is 32.2. The van der Waals surface area contributed by atoms with Gasteiger partial charge in [-0.25, -0.2) is 0 Å². The van der Waals surface area contributed by atoms with Crippen molar-refractivity contribution in [2.45, 2.75) is 30.4 Å². The molecule has 21 heavy (non-hydrogen) atoms. The molecule has 2 rings (SSSR count). The molecule has 1 aliphatic rings. The Hall–Kier alpha value is -0.860. The van der Waals surface area contributed by atoms with Gasteiger partial charge in [0.05, 0.1) is 5.25 Å². The van der Waals surface area contributed by atoms with Gasteiger partial charge in [-0.2, -0.15) is 0 Å². The zero-order valence-electron chi connectivity index (χ0n) is 12.8. The van der Waals surface area contributed by atoms with Crippen LogP contribution < -0.4 is 5.32 Å². The lowest BCUT2D eigenvalue weighted by atomic mass is 10.3. The summed E-state index contributed by atoms with van der Waals surface area (Å²) < 4.78 is 0.846. The van der Waals surface area contributed by atoms with E-state index < -0.39 is 0 Å². The van der Waals surface area contributed by atoms with Crippen molar-refractivity contribution >= 4 is 34.1 Å². The maximum Gasteiger partial charge on any atom is 0.235 e. The van der Waals surface area contributed by atoms with Crippen LogP contribution in [0.1, 0.15) is 20.8 Å². The summed E-state index contributed by atoms with van der Waals surface area (Å²) in [6.07, 6.45) is 0. The predicted molar refractivity (Wildman–Crippen MR) is 88.1 cm³/mol. The van der Waals surface area contributed by atoms with Gasteiger partial charge in [0.2, 0.25) is 11.0 Å². The van der Waals surface area contributed by atoms with Gasteiger partial charge in [0.1, 0.15) is 0 Å². The fraction of sp³-hybridized carbons (Fsp3) is 0.769. The normalized spacial score (nSPS) is 17.8. The minimum absolute atomic E-state index is 0.111. The van der Waals surface area contributed by atoms with E-state index in [1.165, 1.54) is 23.1 Å². The van der Waals surface area contributed by atoms with E-state index in [1.807, 2.05) is 18.7 Å². The first-order chi connectivity index (χ1) is 10.1. The second-order valence-corrected chi connectivity index (χ2v) is 7.49. The Morgan fingerprint density at radius 3 is 2.67 bits per heavy atom. The number of amides is 1. The Balaban J connectivity index is 1.84. The molecule has 0 saturated carbocycles. The number of rotatable bonds is 6. The Labute approximate surface area is 134 Å². The number of nitrogens with one attached hydrogen (secondary N) is 1. The van der Waals surface area contributed by atoms with Gasteiger partial charge >= 0.3 is 0 Å². The van der Waals surface area contributed by atoms with E-state index in [9.17, 15) is 4.79 Å². The van der Waals surface area contributed by atoms with Crippen molar-refractivity contribution < 1.29 is 4.79 Å². The minimum Gasteiger partial charge on any atom is -0.360 e.